The van der Waals surface area contributed by atoms with Gasteiger partial charge in [0.15, 0.2) is 0 Å². The van der Waals surface area contributed by atoms with E-state index in [1.54, 1.807) is 0 Å². The van der Waals surface area contributed by atoms with Crippen LogP contribution in [0.2, 0.25) is 0 Å². The summed E-state index contributed by atoms with van der Waals surface area (Å²) in [7, 11) is -1.81. The zero-order valence-corrected chi connectivity index (χ0v) is 12.2. The zero-order valence-electron chi connectivity index (χ0n) is 11.4. The highest BCUT2D eigenvalue weighted by Crippen LogP contribution is 2.19. The van der Waals surface area contributed by atoms with Gasteiger partial charge in [-0.2, -0.15) is 0 Å². The van der Waals surface area contributed by atoms with Gasteiger partial charge in [0.05, 0.1) is 0 Å². The van der Waals surface area contributed by atoms with E-state index in [9.17, 15) is 13.2 Å². The SMILES string of the molecule is CC1CC(NS(=O)(=O)c2ccc(C(=O)O)o2)CCN1C. The van der Waals surface area contributed by atoms with Gasteiger partial charge >= 0.3 is 5.97 Å². The van der Waals surface area contributed by atoms with Crippen LogP contribution in [0.5, 0.6) is 0 Å². The number of furan rings is 1. The first kappa shape index (κ1) is 15.0. The van der Waals surface area contributed by atoms with Gasteiger partial charge in [0.1, 0.15) is 0 Å². The smallest absolute Gasteiger partial charge is 0.371 e. The number of likely N-dealkylation sites (tertiary alicyclic amines) is 1. The summed E-state index contributed by atoms with van der Waals surface area (Å²) in [6, 6.07) is 2.42. The third-order valence-corrected chi connectivity index (χ3v) is 4.98. The molecule has 2 rings (SSSR count). The first-order valence-electron chi connectivity index (χ1n) is 6.35. The summed E-state index contributed by atoms with van der Waals surface area (Å²) < 4.78 is 31.6. The molecular formula is C12H18N2O5S. The van der Waals surface area contributed by atoms with Crippen molar-refractivity contribution in [3.8, 4) is 0 Å². The first-order valence-corrected chi connectivity index (χ1v) is 7.83. The number of aromatic carboxylic acids is 1. The lowest BCUT2D eigenvalue weighted by molar-refractivity contribution is 0.0656. The van der Waals surface area contributed by atoms with E-state index in [0.29, 0.717) is 18.9 Å². The number of nitrogens with zero attached hydrogens (tertiary/aromatic N) is 1. The third-order valence-electron chi connectivity index (χ3n) is 3.59. The quantitative estimate of drug-likeness (QED) is 0.851. The Kier molecular flexibility index (Phi) is 4.17. The van der Waals surface area contributed by atoms with Gasteiger partial charge in [-0.3, -0.25) is 0 Å². The molecule has 1 fully saturated rings. The highest BCUT2D eigenvalue weighted by atomic mass is 32.2. The number of nitrogens with one attached hydrogen (secondary N) is 1. The van der Waals surface area contributed by atoms with Crippen molar-refractivity contribution in [2.75, 3.05) is 13.6 Å². The molecule has 2 N–H and O–H groups in total. The van der Waals surface area contributed by atoms with Crippen molar-refractivity contribution in [3.05, 3.63) is 17.9 Å². The van der Waals surface area contributed by atoms with E-state index in [4.69, 9.17) is 9.52 Å². The van der Waals surface area contributed by atoms with Gasteiger partial charge in [-0.05, 0) is 45.5 Å². The third kappa shape index (κ3) is 3.20. The Balaban J connectivity index is 2.09. The van der Waals surface area contributed by atoms with Crippen LogP contribution < -0.4 is 4.72 Å². The lowest BCUT2D eigenvalue weighted by Crippen LogP contribution is -2.47. The standard InChI is InChI=1S/C12H18N2O5S/c1-8-7-9(5-6-14(8)2)13-20(17,18)11-4-3-10(19-11)12(15)16/h3-4,8-9,13H,5-7H2,1-2H3,(H,15,16). The number of piperidine rings is 1. The molecule has 2 atom stereocenters. The minimum atomic E-state index is -3.81. The van der Waals surface area contributed by atoms with Crippen molar-refractivity contribution in [3.63, 3.8) is 0 Å². The molecule has 0 aliphatic carbocycles. The summed E-state index contributed by atoms with van der Waals surface area (Å²) in [5, 5.41) is 8.37. The fourth-order valence-electron chi connectivity index (χ4n) is 2.25. The van der Waals surface area contributed by atoms with Crippen molar-refractivity contribution in [2.45, 2.75) is 36.9 Å². The second kappa shape index (κ2) is 5.55. The van der Waals surface area contributed by atoms with Crippen LogP contribution in [0.1, 0.15) is 30.3 Å². The summed E-state index contributed by atoms with van der Waals surface area (Å²) >= 11 is 0. The number of sulfonamides is 1. The maximum Gasteiger partial charge on any atom is 0.371 e. The van der Waals surface area contributed by atoms with Crippen molar-refractivity contribution < 1.29 is 22.7 Å². The molecular weight excluding hydrogens is 284 g/mol. The van der Waals surface area contributed by atoms with E-state index in [1.165, 1.54) is 0 Å². The zero-order chi connectivity index (χ0) is 14.9. The number of carboxylic acid groups (broad SMARTS) is 1. The van der Waals surface area contributed by atoms with Crippen molar-refractivity contribution in [1.29, 1.82) is 0 Å². The summed E-state index contributed by atoms with van der Waals surface area (Å²) in [5.41, 5.74) is 0. The minimum absolute atomic E-state index is 0.162. The fourth-order valence-corrected chi connectivity index (χ4v) is 3.47. The predicted octanol–water partition coefficient (Wildman–Crippen LogP) is 0.739. The first-order chi connectivity index (χ1) is 9.29. The largest absolute Gasteiger partial charge is 0.475 e. The van der Waals surface area contributed by atoms with Crippen LogP contribution in [0.15, 0.2) is 21.6 Å². The van der Waals surface area contributed by atoms with Crippen LogP contribution in [0, 0.1) is 0 Å². The number of hydrogen-bond acceptors (Lipinski definition) is 5. The predicted molar refractivity (Wildman–Crippen MR) is 71.1 cm³/mol. The Bertz CT molecular complexity index is 595. The van der Waals surface area contributed by atoms with E-state index in [-0.39, 0.29) is 16.9 Å². The van der Waals surface area contributed by atoms with E-state index < -0.39 is 16.0 Å². The highest BCUT2D eigenvalue weighted by Gasteiger charge is 2.29. The molecule has 7 nitrogen and oxygen atoms in total. The normalized spacial score (nSPS) is 24.7. The van der Waals surface area contributed by atoms with Crippen LogP contribution in [0.25, 0.3) is 0 Å². The molecule has 0 amide bonds. The van der Waals surface area contributed by atoms with Gasteiger partial charge in [-0.1, -0.05) is 0 Å². The van der Waals surface area contributed by atoms with E-state index in [2.05, 4.69) is 9.62 Å². The highest BCUT2D eigenvalue weighted by molar-refractivity contribution is 7.89. The number of hydrogen-bond donors (Lipinski definition) is 2. The number of rotatable bonds is 4. The molecule has 1 aromatic rings. The Morgan fingerprint density at radius 2 is 2.20 bits per heavy atom. The van der Waals surface area contributed by atoms with Gasteiger partial charge in [0.25, 0.3) is 10.0 Å². The molecule has 0 saturated carbocycles. The van der Waals surface area contributed by atoms with E-state index >= 15 is 0 Å². The molecule has 2 heterocycles. The molecule has 112 valence electrons. The number of carboxylic acids is 1. The molecule has 8 heteroatoms. The molecule has 1 aliphatic heterocycles. The van der Waals surface area contributed by atoms with E-state index in [0.717, 1.165) is 18.7 Å². The van der Waals surface area contributed by atoms with Crippen LogP contribution in [-0.2, 0) is 10.0 Å². The van der Waals surface area contributed by atoms with Crippen LogP contribution in [0.3, 0.4) is 0 Å². The second-order valence-corrected chi connectivity index (χ2v) is 6.74. The average Bonchev–Trinajstić information content (AvgIpc) is 2.84. The van der Waals surface area contributed by atoms with Gasteiger partial charge in [-0.25, -0.2) is 17.9 Å². The lowest BCUT2D eigenvalue weighted by atomic mass is 10.0. The molecule has 0 aromatic carbocycles. The molecule has 0 radical (unpaired) electrons. The molecule has 20 heavy (non-hydrogen) atoms. The summed E-state index contributed by atoms with van der Waals surface area (Å²) in [4.78, 5) is 12.9. The lowest BCUT2D eigenvalue weighted by Gasteiger charge is -2.34. The van der Waals surface area contributed by atoms with Crippen LogP contribution in [-0.4, -0.2) is 50.1 Å². The van der Waals surface area contributed by atoms with Crippen LogP contribution in [0.4, 0.5) is 0 Å². The van der Waals surface area contributed by atoms with Crippen molar-refractivity contribution >= 4 is 16.0 Å². The molecule has 1 aliphatic rings. The Hall–Kier alpha value is -1.38. The summed E-state index contributed by atoms with van der Waals surface area (Å²) in [6.45, 7) is 2.85. The topological polar surface area (TPSA) is 99.8 Å². The van der Waals surface area contributed by atoms with Gasteiger partial charge in [-0.15, -0.1) is 0 Å². The van der Waals surface area contributed by atoms with Crippen molar-refractivity contribution in [1.82, 2.24) is 9.62 Å². The molecule has 2 unspecified atom stereocenters. The van der Waals surface area contributed by atoms with Crippen molar-refractivity contribution in [2.24, 2.45) is 0 Å². The summed E-state index contributed by atoms with van der Waals surface area (Å²) in [5.74, 6) is -1.68. The molecule has 1 aromatic heterocycles. The molecule has 1 saturated heterocycles. The van der Waals surface area contributed by atoms with Gasteiger partial charge in [0, 0.05) is 12.1 Å². The fraction of sp³-hybridized carbons (Fsp3) is 0.583. The maximum absolute atomic E-state index is 12.1. The molecule has 0 bridgehead atoms. The Morgan fingerprint density at radius 3 is 2.75 bits per heavy atom. The van der Waals surface area contributed by atoms with Gasteiger partial charge in [0.2, 0.25) is 10.9 Å². The maximum atomic E-state index is 12.1. The monoisotopic (exact) mass is 302 g/mol. The Morgan fingerprint density at radius 1 is 1.50 bits per heavy atom. The minimum Gasteiger partial charge on any atom is -0.475 e. The van der Waals surface area contributed by atoms with Crippen LogP contribution >= 0.6 is 0 Å². The second-order valence-electron chi connectivity index (χ2n) is 5.10. The summed E-state index contributed by atoms with van der Waals surface area (Å²) in [6.07, 6.45) is 1.43. The van der Waals surface area contributed by atoms with Gasteiger partial charge < -0.3 is 14.4 Å². The Labute approximate surface area is 117 Å². The molecule has 0 spiro atoms. The van der Waals surface area contributed by atoms with E-state index in [1.807, 2.05) is 14.0 Å². The average molecular weight is 302 g/mol. The number of carbonyl (C=O) groups is 1.